The highest BCUT2D eigenvalue weighted by molar-refractivity contribution is 7.99. The van der Waals surface area contributed by atoms with Crippen molar-refractivity contribution in [2.75, 3.05) is 5.75 Å². The molecule has 0 aliphatic heterocycles. The maximum absolute atomic E-state index is 13.6. The topological polar surface area (TPSA) is 106 Å². The zero-order chi connectivity index (χ0) is 20.6. The molecule has 0 radical (unpaired) electrons. The lowest BCUT2D eigenvalue weighted by atomic mass is 10.2. The van der Waals surface area contributed by atoms with Crippen molar-refractivity contribution in [2.24, 2.45) is 0 Å². The molecule has 8 nitrogen and oxygen atoms in total. The van der Waals surface area contributed by atoms with Crippen molar-refractivity contribution < 1.29 is 23.1 Å². The van der Waals surface area contributed by atoms with Crippen LogP contribution in [0.3, 0.4) is 0 Å². The van der Waals surface area contributed by atoms with Crippen molar-refractivity contribution in [3.63, 3.8) is 0 Å². The molecule has 0 fully saturated rings. The Labute approximate surface area is 169 Å². The Morgan fingerprint density at radius 3 is 2.59 bits per heavy atom. The standard InChI is InChI=1S/C19H17FN4O4S/c1-12(27-15-10-6-5-9-14(15)20)18-23-24-19(28-18)29-11-16(25)21-22-17(26)13-7-3-2-4-8-13/h2-10,12H,11H2,1H3,(H,21,25)(H,22,26)/t12-/m1/s1. The van der Waals surface area contributed by atoms with E-state index in [0.717, 1.165) is 11.8 Å². The van der Waals surface area contributed by atoms with Crippen LogP contribution in [0.15, 0.2) is 64.2 Å². The van der Waals surface area contributed by atoms with Gasteiger partial charge in [0.15, 0.2) is 17.7 Å². The summed E-state index contributed by atoms with van der Waals surface area (Å²) in [5.74, 6) is -1.21. The van der Waals surface area contributed by atoms with Gasteiger partial charge in [0.2, 0.25) is 5.91 Å². The number of rotatable bonds is 7. The van der Waals surface area contributed by atoms with Gasteiger partial charge in [0.1, 0.15) is 0 Å². The van der Waals surface area contributed by atoms with Gasteiger partial charge in [0.05, 0.1) is 5.75 Å². The van der Waals surface area contributed by atoms with E-state index in [1.54, 1.807) is 49.4 Å². The Bertz CT molecular complexity index is 983. The first-order valence-electron chi connectivity index (χ1n) is 8.54. The molecule has 3 rings (SSSR count). The van der Waals surface area contributed by atoms with Crippen molar-refractivity contribution in [3.8, 4) is 5.75 Å². The predicted molar refractivity (Wildman–Crippen MR) is 103 cm³/mol. The number of para-hydroxylation sites is 1. The van der Waals surface area contributed by atoms with E-state index in [4.69, 9.17) is 9.15 Å². The van der Waals surface area contributed by atoms with Gasteiger partial charge in [-0.2, -0.15) is 0 Å². The number of carbonyl (C=O) groups excluding carboxylic acids is 2. The smallest absolute Gasteiger partial charge is 0.277 e. The van der Waals surface area contributed by atoms with E-state index >= 15 is 0 Å². The van der Waals surface area contributed by atoms with Crippen LogP contribution < -0.4 is 15.6 Å². The first-order valence-corrected chi connectivity index (χ1v) is 9.53. The van der Waals surface area contributed by atoms with Crippen molar-refractivity contribution in [2.45, 2.75) is 18.3 Å². The Morgan fingerprint density at radius 1 is 1.10 bits per heavy atom. The van der Waals surface area contributed by atoms with Crippen molar-refractivity contribution >= 4 is 23.6 Å². The third-order valence-electron chi connectivity index (χ3n) is 3.59. The van der Waals surface area contributed by atoms with Crippen LogP contribution in [-0.2, 0) is 4.79 Å². The molecule has 0 saturated carbocycles. The third kappa shape index (κ3) is 5.79. The minimum atomic E-state index is -0.673. The number of hydrogen-bond donors (Lipinski definition) is 2. The molecule has 10 heteroatoms. The number of nitrogens with one attached hydrogen (secondary N) is 2. The summed E-state index contributed by atoms with van der Waals surface area (Å²) in [7, 11) is 0. The molecule has 2 amide bonds. The molecule has 0 bridgehead atoms. The Kier molecular flexibility index (Phi) is 6.80. The fraction of sp³-hybridized carbons (Fsp3) is 0.158. The van der Waals surface area contributed by atoms with Crippen LogP contribution in [0.5, 0.6) is 5.75 Å². The molecule has 29 heavy (non-hydrogen) atoms. The molecule has 0 saturated heterocycles. The van der Waals surface area contributed by atoms with E-state index in [0.29, 0.717) is 5.56 Å². The summed E-state index contributed by atoms with van der Waals surface area (Å²) in [4.78, 5) is 23.7. The van der Waals surface area contributed by atoms with Gasteiger partial charge < -0.3 is 9.15 Å². The number of benzene rings is 2. The lowest BCUT2D eigenvalue weighted by molar-refractivity contribution is -0.119. The third-order valence-corrected chi connectivity index (χ3v) is 4.41. The molecule has 150 valence electrons. The number of hydrogen-bond acceptors (Lipinski definition) is 7. The van der Waals surface area contributed by atoms with Crippen molar-refractivity contribution in [1.29, 1.82) is 0 Å². The number of nitrogens with zero attached hydrogens (tertiary/aromatic N) is 2. The molecule has 0 unspecified atom stereocenters. The number of carbonyl (C=O) groups is 2. The quantitative estimate of drug-likeness (QED) is 0.451. The van der Waals surface area contributed by atoms with Gasteiger partial charge in [-0.05, 0) is 31.2 Å². The minimum absolute atomic E-state index is 0.0563. The molecule has 2 N–H and O–H groups in total. The summed E-state index contributed by atoms with van der Waals surface area (Å²) in [5, 5.41) is 7.82. The highest BCUT2D eigenvalue weighted by Gasteiger charge is 2.18. The van der Waals surface area contributed by atoms with Gasteiger partial charge in [-0.15, -0.1) is 10.2 Å². The van der Waals surface area contributed by atoms with E-state index in [9.17, 15) is 14.0 Å². The second kappa shape index (κ2) is 9.69. The molecule has 0 aliphatic carbocycles. The molecule has 0 spiro atoms. The molecule has 3 aromatic rings. The Balaban J connectivity index is 1.45. The van der Waals surface area contributed by atoms with E-state index in [1.165, 1.54) is 12.1 Å². The maximum atomic E-state index is 13.6. The zero-order valence-corrected chi connectivity index (χ0v) is 16.1. The van der Waals surface area contributed by atoms with Gasteiger partial charge in [-0.3, -0.25) is 20.4 Å². The second-order valence-electron chi connectivity index (χ2n) is 5.75. The van der Waals surface area contributed by atoms with Crippen molar-refractivity contribution in [3.05, 3.63) is 71.9 Å². The largest absolute Gasteiger partial charge is 0.478 e. The fourth-order valence-corrected chi connectivity index (χ4v) is 2.75. The summed E-state index contributed by atoms with van der Waals surface area (Å²) in [6.45, 7) is 1.64. The number of hydrazine groups is 1. The monoisotopic (exact) mass is 416 g/mol. The SMILES string of the molecule is C[C@@H](Oc1ccccc1F)c1nnc(SCC(=O)NNC(=O)c2ccccc2)o1. The first kappa shape index (κ1) is 20.3. The number of amides is 2. The summed E-state index contributed by atoms with van der Waals surface area (Å²) in [6.07, 6.45) is -0.673. The van der Waals surface area contributed by atoms with E-state index in [2.05, 4.69) is 21.0 Å². The van der Waals surface area contributed by atoms with Gasteiger partial charge in [0, 0.05) is 5.56 Å². The average Bonchev–Trinajstić information content (AvgIpc) is 3.22. The Morgan fingerprint density at radius 2 is 1.83 bits per heavy atom. The van der Waals surface area contributed by atoms with Crippen LogP contribution in [0, 0.1) is 5.82 Å². The van der Waals surface area contributed by atoms with Gasteiger partial charge in [0.25, 0.3) is 17.0 Å². The van der Waals surface area contributed by atoms with Crippen LogP contribution in [0.1, 0.15) is 29.3 Å². The number of thioether (sulfide) groups is 1. The van der Waals surface area contributed by atoms with E-state index in [1.807, 2.05) is 0 Å². The number of halogens is 1. The second-order valence-corrected chi connectivity index (χ2v) is 6.68. The fourth-order valence-electron chi connectivity index (χ4n) is 2.18. The van der Waals surface area contributed by atoms with Crippen LogP contribution in [-0.4, -0.2) is 27.8 Å². The summed E-state index contributed by atoms with van der Waals surface area (Å²) in [6, 6.07) is 14.5. The lowest BCUT2D eigenvalue weighted by Gasteiger charge is -2.11. The predicted octanol–water partition coefficient (Wildman–Crippen LogP) is 2.90. The average molecular weight is 416 g/mol. The van der Waals surface area contributed by atoms with Gasteiger partial charge in [-0.1, -0.05) is 42.1 Å². The highest BCUT2D eigenvalue weighted by atomic mass is 32.2. The maximum Gasteiger partial charge on any atom is 0.277 e. The van der Waals surface area contributed by atoms with Crippen molar-refractivity contribution in [1.82, 2.24) is 21.0 Å². The molecular weight excluding hydrogens is 399 g/mol. The molecule has 1 atom stereocenters. The number of ether oxygens (including phenoxy) is 1. The van der Waals surface area contributed by atoms with E-state index in [-0.39, 0.29) is 22.6 Å². The van der Waals surface area contributed by atoms with Gasteiger partial charge >= 0.3 is 0 Å². The van der Waals surface area contributed by atoms with Crippen LogP contribution >= 0.6 is 11.8 Å². The summed E-state index contributed by atoms with van der Waals surface area (Å²) >= 11 is 0.990. The number of aromatic nitrogens is 2. The first-order chi connectivity index (χ1) is 14.0. The normalized spacial score (nSPS) is 11.5. The Hall–Kier alpha value is -3.40. The summed E-state index contributed by atoms with van der Waals surface area (Å²) < 4.78 is 24.5. The van der Waals surface area contributed by atoms with Gasteiger partial charge in [-0.25, -0.2) is 4.39 Å². The molecule has 2 aromatic carbocycles. The minimum Gasteiger partial charge on any atom is -0.478 e. The van der Waals surface area contributed by atoms with Crippen LogP contribution in [0.4, 0.5) is 4.39 Å². The highest BCUT2D eigenvalue weighted by Crippen LogP contribution is 2.25. The van der Waals surface area contributed by atoms with Crippen LogP contribution in [0.2, 0.25) is 0 Å². The molecule has 0 aliphatic rings. The van der Waals surface area contributed by atoms with Crippen LogP contribution in [0.25, 0.3) is 0 Å². The molecule has 1 heterocycles. The summed E-state index contributed by atoms with van der Waals surface area (Å²) in [5.41, 5.74) is 5.04. The van der Waals surface area contributed by atoms with E-state index < -0.39 is 23.7 Å². The molecule has 1 aromatic heterocycles. The molecular formula is C19H17FN4O4S. The lowest BCUT2D eigenvalue weighted by Crippen LogP contribution is -2.42. The zero-order valence-electron chi connectivity index (χ0n) is 15.3.